The van der Waals surface area contributed by atoms with Crippen molar-refractivity contribution >= 4 is 24.2 Å². The van der Waals surface area contributed by atoms with Gasteiger partial charge in [0.25, 0.3) is 0 Å². The molecule has 104 valence electrons. The molecule has 2 saturated carbocycles. The van der Waals surface area contributed by atoms with Gasteiger partial charge in [-0.3, -0.25) is 9.59 Å². The van der Waals surface area contributed by atoms with E-state index in [1.54, 1.807) is 0 Å². The number of hydrogen-bond acceptors (Lipinski definition) is 3. The predicted molar refractivity (Wildman–Crippen MR) is 71.4 cm³/mol. The van der Waals surface area contributed by atoms with Gasteiger partial charge in [0.2, 0.25) is 11.8 Å². The van der Waals surface area contributed by atoms with E-state index in [1.165, 1.54) is 19.3 Å². The van der Waals surface area contributed by atoms with Crippen LogP contribution >= 0.6 is 12.4 Å². The summed E-state index contributed by atoms with van der Waals surface area (Å²) >= 11 is 0. The molecule has 2 aliphatic rings. The number of halogens is 1. The van der Waals surface area contributed by atoms with Crippen molar-refractivity contribution in [3.8, 4) is 0 Å². The summed E-state index contributed by atoms with van der Waals surface area (Å²) in [6.07, 6.45) is 7.19. The maximum atomic E-state index is 11.6. The molecule has 2 fully saturated rings. The van der Waals surface area contributed by atoms with Crippen molar-refractivity contribution in [1.82, 2.24) is 10.6 Å². The molecule has 2 amide bonds. The Bertz CT molecular complexity index is 312. The Labute approximate surface area is 114 Å². The zero-order valence-corrected chi connectivity index (χ0v) is 11.4. The Morgan fingerprint density at radius 3 is 2.33 bits per heavy atom. The summed E-state index contributed by atoms with van der Waals surface area (Å²) in [5, 5.41) is 5.55. The second-order valence-electron chi connectivity index (χ2n) is 5.24. The van der Waals surface area contributed by atoms with Crippen LogP contribution in [0.3, 0.4) is 0 Å². The molecular weight excluding hydrogens is 254 g/mol. The fraction of sp³-hybridized carbons (Fsp3) is 0.833. The first kappa shape index (κ1) is 15.2. The third kappa shape index (κ3) is 4.14. The second kappa shape index (κ2) is 6.38. The molecule has 0 aromatic heterocycles. The molecule has 0 radical (unpaired) electrons. The minimum atomic E-state index is -0.689. The van der Waals surface area contributed by atoms with Gasteiger partial charge in [0.05, 0.1) is 12.1 Å². The van der Waals surface area contributed by atoms with E-state index in [1.807, 2.05) is 0 Å². The lowest BCUT2D eigenvalue weighted by molar-refractivity contribution is -0.127. The van der Waals surface area contributed by atoms with Crippen LogP contribution < -0.4 is 16.4 Å². The SMILES string of the molecule is Cl.NC1(C(=O)NCC(=O)NC2CCCCC2)CC1. The minimum absolute atomic E-state index is 0. The van der Waals surface area contributed by atoms with Crippen LogP contribution in [0.2, 0.25) is 0 Å². The van der Waals surface area contributed by atoms with Gasteiger partial charge in [0, 0.05) is 6.04 Å². The first-order valence-electron chi connectivity index (χ1n) is 6.47. The molecule has 6 heteroatoms. The fourth-order valence-corrected chi connectivity index (χ4v) is 2.22. The lowest BCUT2D eigenvalue weighted by Gasteiger charge is -2.22. The molecule has 2 rings (SSSR count). The van der Waals surface area contributed by atoms with E-state index in [9.17, 15) is 9.59 Å². The third-order valence-electron chi connectivity index (χ3n) is 3.62. The quantitative estimate of drug-likeness (QED) is 0.697. The van der Waals surface area contributed by atoms with Gasteiger partial charge < -0.3 is 16.4 Å². The zero-order valence-electron chi connectivity index (χ0n) is 10.5. The first-order valence-corrected chi connectivity index (χ1v) is 6.47. The van der Waals surface area contributed by atoms with E-state index >= 15 is 0 Å². The smallest absolute Gasteiger partial charge is 0.240 e. The number of nitrogens with two attached hydrogens (primary N) is 1. The Morgan fingerprint density at radius 1 is 1.17 bits per heavy atom. The van der Waals surface area contributed by atoms with Crippen molar-refractivity contribution in [2.45, 2.75) is 56.5 Å². The molecule has 4 N–H and O–H groups in total. The predicted octanol–water partition coefficient (Wildman–Crippen LogP) is 0.465. The summed E-state index contributed by atoms with van der Waals surface area (Å²) < 4.78 is 0. The molecule has 0 bridgehead atoms. The van der Waals surface area contributed by atoms with Gasteiger partial charge in [0.1, 0.15) is 0 Å². The summed E-state index contributed by atoms with van der Waals surface area (Å²) in [5.74, 6) is -0.300. The molecule has 0 unspecified atom stereocenters. The van der Waals surface area contributed by atoms with Gasteiger partial charge in [-0.2, -0.15) is 0 Å². The summed E-state index contributed by atoms with van der Waals surface area (Å²) in [6, 6.07) is 0.293. The highest BCUT2D eigenvalue weighted by molar-refractivity contribution is 5.92. The Kier molecular flexibility index (Phi) is 5.41. The van der Waals surface area contributed by atoms with E-state index in [4.69, 9.17) is 5.73 Å². The minimum Gasteiger partial charge on any atom is -0.352 e. The van der Waals surface area contributed by atoms with Crippen LogP contribution in [0, 0.1) is 0 Å². The van der Waals surface area contributed by atoms with E-state index in [0.29, 0.717) is 6.04 Å². The van der Waals surface area contributed by atoms with Crippen LogP contribution in [0.5, 0.6) is 0 Å². The molecule has 0 aromatic rings. The van der Waals surface area contributed by atoms with Crippen LogP contribution in [-0.4, -0.2) is 29.9 Å². The van der Waals surface area contributed by atoms with Crippen molar-refractivity contribution in [1.29, 1.82) is 0 Å². The van der Waals surface area contributed by atoms with E-state index in [-0.39, 0.29) is 30.8 Å². The van der Waals surface area contributed by atoms with Gasteiger partial charge in [-0.05, 0) is 25.7 Å². The highest BCUT2D eigenvalue weighted by atomic mass is 35.5. The largest absolute Gasteiger partial charge is 0.352 e. The molecular formula is C12H22ClN3O2. The van der Waals surface area contributed by atoms with Crippen molar-refractivity contribution in [3.05, 3.63) is 0 Å². The number of carbonyl (C=O) groups is 2. The van der Waals surface area contributed by atoms with Crippen LogP contribution in [0.15, 0.2) is 0 Å². The molecule has 0 aromatic carbocycles. The van der Waals surface area contributed by atoms with Gasteiger partial charge in [-0.15, -0.1) is 12.4 Å². The molecule has 0 atom stereocenters. The lowest BCUT2D eigenvalue weighted by atomic mass is 9.95. The monoisotopic (exact) mass is 275 g/mol. The fourth-order valence-electron chi connectivity index (χ4n) is 2.22. The van der Waals surface area contributed by atoms with Crippen LogP contribution in [-0.2, 0) is 9.59 Å². The maximum absolute atomic E-state index is 11.6. The summed E-state index contributed by atoms with van der Waals surface area (Å²) in [6.45, 7) is 0.0499. The normalized spacial score (nSPS) is 21.6. The van der Waals surface area contributed by atoms with Crippen LogP contribution in [0.25, 0.3) is 0 Å². The average molecular weight is 276 g/mol. The Balaban J connectivity index is 0.00000162. The number of hydrogen-bond donors (Lipinski definition) is 3. The van der Waals surface area contributed by atoms with Crippen LogP contribution in [0.4, 0.5) is 0 Å². The molecule has 0 heterocycles. The van der Waals surface area contributed by atoms with Crippen molar-refractivity contribution < 1.29 is 9.59 Å². The molecule has 2 aliphatic carbocycles. The Hall–Kier alpha value is -0.810. The van der Waals surface area contributed by atoms with Crippen molar-refractivity contribution in [3.63, 3.8) is 0 Å². The number of carbonyl (C=O) groups excluding carboxylic acids is 2. The second-order valence-corrected chi connectivity index (χ2v) is 5.24. The van der Waals surface area contributed by atoms with Gasteiger partial charge in [-0.1, -0.05) is 19.3 Å². The zero-order chi connectivity index (χ0) is 12.3. The number of rotatable bonds is 4. The summed E-state index contributed by atoms with van der Waals surface area (Å²) in [5.41, 5.74) is 5.03. The van der Waals surface area contributed by atoms with E-state index in [0.717, 1.165) is 25.7 Å². The third-order valence-corrected chi connectivity index (χ3v) is 3.62. The van der Waals surface area contributed by atoms with Gasteiger partial charge >= 0.3 is 0 Å². The lowest BCUT2D eigenvalue weighted by Crippen LogP contribution is -2.48. The van der Waals surface area contributed by atoms with Crippen molar-refractivity contribution in [2.75, 3.05) is 6.54 Å². The Morgan fingerprint density at radius 2 is 1.78 bits per heavy atom. The number of nitrogens with one attached hydrogen (secondary N) is 2. The van der Waals surface area contributed by atoms with E-state index < -0.39 is 5.54 Å². The first-order chi connectivity index (χ1) is 8.10. The number of amides is 2. The summed E-state index contributed by atoms with van der Waals surface area (Å²) in [4.78, 5) is 23.1. The molecule has 0 spiro atoms. The molecule has 0 aliphatic heterocycles. The van der Waals surface area contributed by atoms with Gasteiger partial charge in [-0.25, -0.2) is 0 Å². The summed E-state index contributed by atoms with van der Waals surface area (Å²) in [7, 11) is 0. The molecule has 18 heavy (non-hydrogen) atoms. The highest BCUT2D eigenvalue weighted by Gasteiger charge is 2.45. The topological polar surface area (TPSA) is 84.2 Å². The molecule has 5 nitrogen and oxygen atoms in total. The highest BCUT2D eigenvalue weighted by Crippen LogP contribution is 2.31. The van der Waals surface area contributed by atoms with Crippen LogP contribution in [0.1, 0.15) is 44.9 Å². The standard InChI is InChI=1S/C12H21N3O2.ClH/c13-12(6-7-12)11(17)14-8-10(16)15-9-4-2-1-3-5-9;/h9H,1-8,13H2,(H,14,17)(H,15,16);1H. The molecule has 0 saturated heterocycles. The van der Waals surface area contributed by atoms with E-state index in [2.05, 4.69) is 10.6 Å². The maximum Gasteiger partial charge on any atom is 0.240 e. The average Bonchev–Trinajstić information content (AvgIpc) is 3.07. The van der Waals surface area contributed by atoms with Gasteiger partial charge in [0.15, 0.2) is 0 Å². The van der Waals surface area contributed by atoms with Crippen molar-refractivity contribution in [2.24, 2.45) is 5.73 Å².